The minimum atomic E-state index is -3.52. The lowest BCUT2D eigenvalue weighted by atomic mass is 9.69. The largest absolute Gasteiger partial charge is 0.269 e. The molecule has 206 valence electrons. The first-order chi connectivity index (χ1) is 17.3. The highest BCUT2D eigenvalue weighted by molar-refractivity contribution is 7.90. The van der Waals surface area contributed by atoms with E-state index < -0.39 is 10.0 Å². The van der Waals surface area contributed by atoms with Crippen molar-refractivity contribution in [3.05, 3.63) is 24.3 Å². The van der Waals surface area contributed by atoms with Crippen LogP contribution >= 0.6 is 0 Å². The molecule has 1 aliphatic heterocycles. The molecule has 1 saturated heterocycles. The maximum absolute atomic E-state index is 12.9. The highest BCUT2D eigenvalue weighted by Gasteiger charge is 2.72. The predicted molar refractivity (Wildman–Crippen MR) is 151 cm³/mol. The maximum atomic E-state index is 12.9. The van der Waals surface area contributed by atoms with Crippen molar-refractivity contribution in [3.63, 3.8) is 0 Å². The van der Waals surface area contributed by atoms with Gasteiger partial charge in [-0.3, -0.25) is 4.79 Å². The molecule has 1 amide bonds. The third-order valence-electron chi connectivity index (χ3n) is 9.78. The standard InChI is InChI=1S/C31H53NO3S/c1-4-5-6-7-8-9-10-11-12-13-14-15-16-17-18-19-20-21-22-29(33)32-28-25-27-23-24-31(28,30(27,2)3)26-36(32,34)35/h17-18,21-22,27-28H,4-16,19-20,23-26H2,1-3H3/b18-17+,22-21+. The van der Waals surface area contributed by atoms with Gasteiger partial charge in [0, 0.05) is 11.5 Å². The summed E-state index contributed by atoms with van der Waals surface area (Å²) in [6, 6.07) is -0.135. The number of hydrogen-bond acceptors (Lipinski definition) is 3. The zero-order valence-electron chi connectivity index (χ0n) is 23.5. The van der Waals surface area contributed by atoms with Crippen LogP contribution in [0.3, 0.4) is 0 Å². The molecule has 0 aromatic heterocycles. The van der Waals surface area contributed by atoms with Gasteiger partial charge in [-0.25, -0.2) is 12.7 Å². The van der Waals surface area contributed by atoms with Crippen LogP contribution in [0.4, 0.5) is 0 Å². The molecule has 3 fully saturated rings. The summed E-state index contributed by atoms with van der Waals surface area (Å²) in [6.45, 7) is 6.71. The molecule has 2 aliphatic carbocycles. The van der Waals surface area contributed by atoms with Gasteiger partial charge < -0.3 is 0 Å². The van der Waals surface area contributed by atoms with E-state index in [2.05, 4.69) is 32.9 Å². The van der Waals surface area contributed by atoms with E-state index in [4.69, 9.17) is 0 Å². The number of sulfonamides is 1. The van der Waals surface area contributed by atoms with Gasteiger partial charge in [-0.1, -0.05) is 110 Å². The molecule has 3 atom stereocenters. The lowest BCUT2D eigenvalue weighted by molar-refractivity contribution is -0.124. The van der Waals surface area contributed by atoms with Crippen LogP contribution < -0.4 is 0 Å². The summed E-state index contributed by atoms with van der Waals surface area (Å²) in [5.41, 5.74) is -0.238. The fourth-order valence-corrected chi connectivity index (χ4v) is 9.88. The van der Waals surface area contributed by atoms with Crippen LogP contribution in [-0.4, -0.2) is 30.4 Å². The molecular weight excluding hydrogens is 466 g/mol. The number of carbonyl (C=O) groups is 1. The van der Waals surface area contributed by atoms with E-state index in [1.807, 2.05) is 6.08 Å². The predicted octanol–water partition coefficient (Wildman–Crippen LogP) is 8.34. The number of rotatable bonds is 17. The van der Waals surface area contributed by atoms with E-state index in [0.29, 0.717) is 5.92 Å². The lowest BCUT2D eigenvalue weighted by Gasteiger charge is -2.36. The molecular formula is C31H53NO3S. The highest BCUT2D eigenvalue weighted by atomic mass is 32.2. The van der Waals surface area contributed by atoms with Crippen molar-refractivity contribution in [2.45, 2.75) is 142 Å². The lowest BCUT2D eigenvalue weighted by Crippen LogP contribution is -2.43. The van der Waals surface area contributed by atoms with Crippen molar-refractivity contribution in [2.24, 2.45) is 16.7 Å². The Morgan fingerprint density at radius 2 is 1.39 bits per heavy atom. The second-order valence-corrected chi connectivity index (χ2v) is 14.2. The van der Waals surface area contributed by atoms with Gasteiger partial charge in [0.2, 0.25) is 10.0 Å². The number of nitrogens with zero attached hydrogens (tertiary/aromatic N) is 1. The van der Waals surface area contributed by atoms with Crippen molar-refractivity contribution in [2.75, 3.05) is 5.75 Å². The summed E-state index contributed by atoms with van der Waals surface area (Å²) in [6.07, 6.45) is 30.0. The summed E-state index contributed by atoms with van der Waals surface area (Å²) < 4.78 is 27.1. The van der Waals surface area contributed by atoms with Crippen LogP contribution in [0.2, 0.25) is 0 Å². The first-order valence-electron chi connectivity index (χ1n) is 15.1. The second kappa shape index (κ2) is 13.6. The number of allylic oxidation sites excluding steroid dienone is 3. The third kappa shape index (κ3) is 6.85. The van der Waals surface area contributed by atoms with Crippen LogP contribution in [0.15, 0.2) is 24.3 Å². The Labute approximate surface area is 222 Å². The maximum Gasteiger partial charge on any atom is 0.259 e. The van der Waals surface area contributed by atoms with E-state index in [0.717, 1.165) is 38.5 Å². The monoisotopic (exact) mass is 519 g/mol. The number of hydrogen-bond donors (Lipinski definition) is 0. The Balaban J connectivity index is 1.23. The first-order valence-corrected chi connectivity index (χ1v) is 16.7. The SMILES string of the molecule is CCCCCCCCCCCCCC/C=C/CC/C=C/C(=O)N1C2CC3CCC2(CS1(=O)=O)C3(C)C. The van der Waals surface area contributed by atoms with Crippen LogP contribution in [0, 0.1) is 16.7 Å². The minimum absolute atomic E-state index is 0.00181. The average Bonchev–Trinajstić information content (AvgIpc) is 3.31. The summed E-state index contributed by atoms with van der Waals surface area (Å²) in [5.74, 6) is 0.350. The minimum Gasteiger partial charge on any atom is -0.269 e. The summed E-state index contributed by atoms with van der Waals surface area (Å²) >= 11 is 0. The molecule has 0 radical (unpaired) electrons. The molecule has 36 heavy (non-hydrogen) atoms. The molecule has 4 nitrogen and oxygen atoms in total. The van der Waals surface area contributed by atoms with Crippen LogP contribution in [-0.2, 0) is 14.8 Å². The highest BCUT2D eigenvalue weighted by Crippen LogP contribution is 2.69. The Bertz CT molecular complexity index is 859. The third-order valence-corrected chi connectivity index (χ3v) is 11.7. The zero-order valence-corrected chi connectivity index (χ0v) is 24.3. The number of unbranched alkanes of at least 4 members (excludes halogenated alkanes) is 13. The molecule has 2 saturated carbocycles. The quantitative estimate of drug-likeness (QED) is 0.110. The van der Waals surface area contributed by atoms with Crippen molar-refractivity contribution in [1.82, 2.24) is 4.31 Å². The van der Waals surface area contributed by atoms with Gasteiger partial charge in [0.05, 0.1) is 11.8 Å². The smallest absolute Gasteiger partial charge is 0.259 e. The molecule has 1 heterocycles. The van der Waals surface area contributed by atoms with Gasteiger partial charge >= 0.3 is 0 Å². The second-order valence-electron chi connectivity index (χ2n) is 12.4. The van der Waals surface area contributed by atoms with Crippen LogP contribution in [0.25, 0.3) is 0 Å². The van der Waals surface area contributed by atoms with Gasteiger partial charge in [-0.05, 0) is 56.3 Å². The molecule has 2 bridgehead atoms. The fraction of sp³-hybridized carbons (Fsp3) is 0.839. The molecule has 0 aromatic rings. The van der Waals surface area contributed by atoms with Crippen molar-refractivity contribution >= 4 is 15.9 Å². The molecule has 5 heteroatoms. The molecule has 0 aromatic carbocycles. The van der Waals surface area contributed by atoms with E-state index in [1.165, 1.54) is 87.4 Å². The van der Waals surface area contributed by atoms with Crippen molar-refractivity contribution in [3.8, 4) is 0 Å². The topological polar surface area (TPSA) is 54.5 Å². The summed E-state index contributed by atoms with van der Waals surface area (Å²) in [7, 11) is -3.52. The van der Waals surface area contributed by atoms with Gasteiger partial charge in [-0.15, -0.1) is 0 Å². The average molecular weight is 520 g/mol. The molecule has 3 unspecified atom stereocenters. The van der Waals surface area contributed by atoms with E-state index in [1.54, 1.807) is 0 Å². The number of amides is 1. The van der Waals surface area contributed by atoms with Crippen LogP contribution in [0.5, 0.6) is 0 Å². The Kier molecular flexibility index (Phi) is 11.1. The van der Waals surface area contributed by atoms with E-state index in [9.17, 15) is 13.2 Å². The normalized spacial score (nSPS) is 28.0. The number of fused-ring (bicyclic) bond motifs is 1. The zero-order chi connectivity index (χ0) is 26.1. The Morgan fingerprint density at radius 3 is 2.00 bits per heavy atom. The first kappa shape index (κ1) is 29.5. The molecule has 1 spiro atoms. The Hall–Kier alpha value is -1.10. The number of carbonyl (C=O) groups excluding carboxylic acids is 1. The van der Waals surface area contributed by atoms with E-state index in [-0.39, 0.29) is 28.5 Å². The molecule has 3 rings (SSSR count). The van der Waals surface area contributed by atoms with Gasteiger partial charge in [0.1, 0.15) is 0 Å². The van der Waals surface area contributed by atoms with Gasteiger partial charge in [-0.2, -0.15) is 0 Å². The van der Waals surface area contributed by atoms with Gasteiger partial charge in [0.25, 0.3) is 5.91 Å². The fourth-order valence-electron chi connectivity index (χ4n) is 7.37. The van der Waals surface area contributed by atoms with Crippen molar-refractivity contribution < 1.29 is 13.2 Å². The summed E-state index contributed by atoms with van der Waals surface area (Å²) in [4.78, 5) is 12.9. The molecule has 0 N–H and O–H groups in total. The van der Waals surface area contributed by atoms with Crippen molar-refractivity contribution in [1.29, 1.82) is 0 Å². The summed E-state index contributed by atoms with van der Waals surface area (Å²) in [5, 5.41) is 0. The van der Waals surface area contributed by atoms with Crippen LogP contribution in [0.1, 0.15) is 136 Å². The molecule has 3 aliphatic rings. The van der Waals surface area contributed by atoms with Gasteiger partial charge in [0.15, 0.2) is 0 Å². The Morgan fingerprint density at radius 1 is 0.833 bits per heavy atom. The van der Waals surface area contributed by atoms with E-state index >= 15 is 0 Å².